The number of carbonyl (C=O) groups excluding carboxylic acids is 2. The summed E-state index contributed by atoms with van der Waals surface area (Å²) in [6, 6.07) is 0.893. The van der Waals surface area contributed by atoms with E-state index in [0.717, 1.165) is 40.5 Å². The van der Waals surface area contributed by atoms with Gasteiger partial charge in [-0.25, -0.2) is 4.79 Å². The molecule has 0 aromatic carbocycles. The van der Waals surface area contributed by atoms with E-state index in [4.69, 9.17) is 4.74 Å². The van der Waals surface area contributed by atoms with Crippen LogP contribution in [-0.2, 0) is 35.1 Å². The van der Waals surface area contributed by atoms with E-state index >= 15 is 0 Å². The van der Waals surface area contributed by atoms with E-state index < -0.39 is 23.7 Å². The summed E-state index contributed by atoms with van der Waals surface area (Å²) < 4.78 is 44.9. The molecule has 0 saturated carbocycles. The first-order valence-electron chi connectivity index (χ1n) is 9.72. The topological polar surface area (TPSA) is 73.2 Å². The number of alkyl halides is 3. The quantitative estimate of drug-likeness (QED) is 0.686. The molecule has 1 N–H and O–H groups in total. The van der Waals surface area contributed by atoms with Crippen molar-refractivity contribution in [1.82, 2.24) is 9.78 Å². The predicted octanol–water partition coefficient (Wildman–Crippen LogP) is 4.60. The van der Waals surface area contributed by atoms with Gasteiger partial charge in [-0.3, -0.25) is 9.48 Å². The summed E-state index contributed by atoms with van der Waals surface area (Å²) in [5.41, 5.74) is 0.427. The van der Waals surface area contributed by atoms with Crippen molar-refractivity contribution < 1.29 is 27.5 Å². The predicted molar refractivity (Wildman–Crippen MR) is 107 cm³/mol. The number of halogens is 3. The van der Waals surface area contributed by atoms with Gasteiger partial charge in [0.05, 0.1) is 11.7 Å². The number of nitrogens with zero attached hydrogens (tertiary/aromatic N) is 2. The fraction of sp³-hybridized carbons (Fsp3) is 0.550. The van der Waals surface area contributed by atoms with Crippen molar-refractivity contribution in [3.05, 3.63) is 33.5 Å². The summed E-state index contributed by atoms with van der Waals surface area (Å²) in [5, 5.41) is 6.55. The number of fused-ring (bicyclic) bond motifs is 1. The first-order valence-corrected chi connectivity index (χ1v) is 10.5. The zero-order valence-corrected chi connectivity index (χ0v) is 18.0. The molecule has 3 rings (SSSR count). The van der Waals surface area contributed by atoms with Gasteiger partial charge in [-0.1, -0.05) is 6.92 Å². The minimum Gasteiger partial charge on any atom is -0.459 e. The molecule has 0 saturated heterocycles. The van der Waals surface area contributed by atoms with Gasteiger partial charge in [-0.15, -0.1) is 11.3 Å². The normalized spacial score (nSPS) is 16.5. The molecule has 2 aromatic rings. The maximum atomic E-state index is 12.8. The van der Waals surface area contributed by atoms with Crippen molar-refractivity contribution in [2.24, 2.45) is 5.92 Å². The van der Waals surface area contributed by atoms with E-state index in [2.05, 4.69) is 17.3 Å². The van der Waals surface area contributed by atoms with Crippen molar-refractivity contribution in [2.75, 3.05) is 5.32 Å². The minimum absolute atomic E-state index is 0.219. The van der Waals surface area contributed by atoms with Gasteiger partial charge in [0.1, 0.15) is 11.5 Å². The Kier molecular flexibility index (Phi) is 6.26. The second kappa shape index (κ2) is 8.41. The third-order valence-corrected chi connectivity index (χ3v) is 6.05. The fourth-order valence-corrected chi connectivity index (χ4v) is 4.85. The number of esters is 1. The summed E-state index contributed by atoms with van der Waals surface area (Å²) in [7, 11) is 0. The minimum atomic E-state index is -4.58. The zero-order chi connectivity index (χ0) is 22.2. The van der Waals surface area contributed by atoms with Crippen LogP contribution in [0.1, 0.15) is 59.4 Å². The van der Waals surface area contributed by atoms with Gasteiger partial charge in [0, 0.05) is 10.6 Å². The molecule has 0 spiro atoms. The molecule has 1 aliphatic carbocycles. The lowest BCUT2D eigenvalue weighted by molar-refractivity contribution is -0.141. The Labute approximate surface area is 176 Å². The SMILES string of the molecule is Cc1cc(C(F)(F)F)nn1CC(=O)Nc1sc2c(c1C(=O)OC(C)C)CC[C@H](C)C2. The maximum Gasteiger partial charge on any atom is 0.435 e. The van der Waals surface area contributed by atoms with E-state index in [9.17, 15) is 22.8 Å². The molecule has 2 aromatic heterocycles. The largest absolute Gasteiger partial charge is 0.459 e. The van der Waals surface area contributed by atoms with Crippen LogP contribution in [0.15, 0.2) is 6.07 Å². The van der Waals surface area contributed by atoms with Gasteiger partial charge in [0.2, 0.25) is 5.91 Å². The molecule has 1 amide bonds. The molecular weight excluding hydrogens is 419 g/mol. The highest BCUT2D eigenvalue weighted by atomic mass is 32.1. The highest BCUT2D eigenvalue weighted by molar-refractivity contribution is 7.17. The Hall–Kier alpha value is -2.36. The highest BCUT2D eigenvalue weighted by Gasteiger charge is 2.35. The number of ether oxygens (including phenoxy) is 1. The standard InChI is InChI=1S/C20H24F3N3O3S/c1-10(2)29-19(28)17-13-6-5-11(3)7-14(13)30-18(17)24-16(27)9-26-12(4)8-15(25-26)20(21,22)23/h8,10-11H,5-7,9H2,1-4H3,(H,24,27)/t11-/m0/s1. The molecule has 0 bridgehead atoms. The Bertz CT molecular complexity index is 963. The summed E-state index contributed by atoms with van der Waals surface area (Å²) in [6.07, 6.45) is -2.43. The molecule has 6 nitrogen and oxygen atoms in total. The third-order valence-electron chi connectivity index (χ3n) is 4.88. The van der Waals surface area contributed by atoms with E-state index in [1.165, 1.54) is 18.3 Å². The van der Waals surface area contributed by atoms with Crippen LogP contribution >= 0.6 is 11.3 Å². The molecule has 0 aliphatic heterocycles. The summed E-state index contributed by atoms with van der Waals surface area (Å²) >= 11 is 1.33. The molecule has 0 fully saturated rings. The van der Waals surface area contributed by atoms with Crippen molar-refractivity contribution >= 4 is 28.2 Å². The van der Waals surface area contributed by atoms with Crippen LogP contribution in [0.25, 0.3) is 0 Å². The smallest absolute Gasteiger partial charge is 0.435 e. The van der Waals surface area contributed by atoms with E-state index in [-0.39, 0.29) is 18.3 Å². The molecule has 10 heteroatoms. The molecule has 30 heavy (non-hydrogen) atoms. The second-order valence-corrected chi connectivity index (χ2v) is 8.99. The van der Waals surface area contributed by atoms with E-state index in [1.807, 2.05) is 0 Å². The molecule has 0 unspecified atom stereocenters. The van der Waals surface area contributed by atoms with Gasteiger partial charge in [0.15, 0.2) is 5.69 Å². The van der Waals surface area contributed by atoms with Gasteiger partial charge < -0.3 is 10.1 Å². The first kappa shape index (κ1) is 22.3. The van der Waals surface area contributed by atoms with Crippen LogP contribution in [0.4, 0.5) is 18.2 Å². The average molecular weight is 443 g/mol. The number of hydrogen-bond acceptors (Lipinski definition) is 5. The molecule has 2 heterocycles. The van der Waals surface area contributed by atoms with Gasteiger partial charge in [0.25, 0.3) is 0 Å². The molecule has 1 aliphatic rings. The summed E-state index contributed by atoms with van der Waals surface area (Å²) in [6.45, 7) is 6.68. The van der Waals surface area contributed by atoms with Crippen LogP contribution in [-0.4, -0.2) is 27.8 Å². The van der Waals surface area contributed by atoms with Gasteiger partial charge >= 0.3 is 12.1 Å². The lowest BCUT2D eigenvalue weighted by atomic mass is 9.88. The number of anilines is 1. The number of hydrogen-bond donors (Lipinski definition) is 1. The lowest BCUT2D eigenvalue weighted by Crippen LogP contribution is -2.22. The number of carbonyl (C=O) groups is 2. The monoisotopic (exact) mass is 443 g/mol. The first-order chi connectivity index (χ1) is 14.0. The summed E-state index contributed by atoms with van der Waals surface area (Å²) in [4.78, 5) is 26.3. The number of aromatic nitrogens is 2. The van der Waals surface area contributed by atoms with Crippen molar-refractivity contribution in [2.45, 2.75) is 65.8 Å². The lowest BCUT2D eigenvalue weighted by Gasteiger charge is -2.18. The van der Waals surface area contributed by atoms with E-state index in [0.29, 0.717) is 16.5 Å². The Morgan fingerprint density at radius 2 is 2.10 bits per heavy atom. The molecular formula is C20H24F3N3O3S. The summed E-state index contributed by atoms with van der Waals surface area (Å²) in [5.74, 6) is -0.580. The van der Waals surface area contributed by atoms with Crippen LogP contribution in [0.3, 0.4) is 0 Å². The van der Waals surface area contributed by atoms with Crippen LogP contribution in [0.5, 0.6) is 0 Å². The fourth-order valence-electron chi connectivity index (χ4n) is 3.44. The van der Waals surface area contributed by atoms with E-state index in [1.54, 1.807) is 13.8 Å². The number of amides is 1. The van der Waals surface area contributed by atoms with Crippen LogP contribution in [0, 0.1) is 12.8 Å². The second-order valence-electron chi connectivity index (χ2n) is 7.88. The Morgan fingerprint density at radius 3 is 2.70 bits per heavy atom. The van der Waals surface area contributed by atoms with Crippen molar-refractivity contribution in [1.29, 1.82) is 0 Å². The maximum absolute atomic E-state index is 12.8. The van der Waals surface area contributed by atoms with Crippen molar-refractivity contribution in [3.8, 4) is 0 Å². The average Bonchev–Trinajstić information content (AvgIpc) is 3.13. The van der Waals surface area contributed by atoms with Crippen LogP contribution in [0.2, 0.25) is 0 Å². The van der Waals surface area contributed by atoms with Gasteiger partial charge in [-0.05, 0) is 57.6 Å². The zero-order valence-electron chi connectivity index (χ0n) is 17.2. The number of nitrogens with one attached hydrogen (secondary N) is 1. The highest BCUT2D eigenvalue weighted by Crippen LogP contribution is 2.40. The van der Waals surface area contributed by atoms with Gasteiger partial charge in [-0.2, -0.15) is 18.3 Å². The molecule has 164 valence electrons. The number of rotatable bonds is 5. The third kappa shape index (κ3) is 4.85. The molecule has 0 radical (unpaired) electrons. The Balaban J connectivity index is 1.84. The van der Waals surface area contributed by atoms with Crippen molar-refractivity contribution in [3.63, 3.8) is 0 Å². The number of thiophene rings is 1. The number of aryl methyl sites for hydroxylation is 1. The molecule has 1 atom stereocenters. The Morgan fingerprint density at radius 1 is 1.40 bits per heavy atom. The van der Waals surface area contributed by atoms with Crippen LogP contribution < -0.4 is 5.32 Å².